The molecule has 2 heterocycles. The van der Waals surface area contributed by atoms with Gasteiger partial charge in [0.2, 0.25) is 0 Å². The summed E-state index contributed by atoms with van der Waals surface area (Å²) in [6.07, 6.45) is 1.60. The molecule has 0 aliphatic carbocycles. The number of hydrogen-bond donors (Lipinski definition) is 0. The molecule has 0 saturated carbocycles. The van der Waals surface area contributed by atoms with E-state index in [0.717, 1.165) is 16.8 Å². The van der Waals surface area contributed by atoms with Crippen molar-refractivity contribution in [1.29, 1.82) is 0 Å². The predicted octanol–water partition coefficient (Wildman–Crippen LogP) is 2.86. The van der Waals surface area contributed by atoms with Crippen molar-refractivity contribution >= 4 is 17.1 Å². The maximum atomic E-state index is 11.6. The third-order valence-electron chi connectivity index (χ3n) is 2.82. The number of fused-ring (bicyclic) bond motifs is 1. The zero-order valence-electron chi connectivity index (χ0n) is 11.9. The van der Waals surface area contributed by atoms with Crippen molar-refractivity contribution < 1.29 is 23.7 Å². The van der Waals surface area contributed by atoms with Gasteiger partial charge in [0.15, 0.2) is 12.3 Å². The van der Waals surface area contributed by atoms with Crippen molar-refractivity contribution in [2.75, 3.05) is 6.61 Å². The Hall–Kier alpha value is -1.79. The minimum Gasteiger partial charge on any atom is -0.463 e. The van der Waals surface area contributed by atoms with Gasteiger partial charge in [-0.15, -0.1) is 0 Å². The molecule has 0 N–H and O–H groups in total. The van der Waals surface area contributed by atoms with Gasteiger partial charge in [0, 0.05) is 12.1 Å². The van der Waals surface area contributed by atoms with Crippen LogP contribution in [0.2, 0.25) is 0 Å². The van der Waals surface area contributed by atoms with Crippen LogP contribution in [0.3, 0.4) is 0 Å². The van der Waals surface area contributed by atoms with Crippen LogP contribution in [0, 0.1) is 5.92 Å². The molecular weight excluding hydrogens is 262 g/mol. The summed E-state index contributed by atoms with van der Waals surface area (Å²) in [6.45, 7) is 6.30. The summed E-state index contributed by atoms with van der Waals surface area (Å²) in [5, 5.41) is 0. The van der Waals surface area contributed by atoms with Gasteiger partial charge in [-0.05, 0) is 6.92 Å². The molecule has 2 aromatic rings. The smallest absolute Gasteiger partial charge is 0.310 e. The fourth-order valence-electron chi connectivity index (χ4n) is 1.78. The normalized spacial score (nSPS) is 11.4. The van der Waals surface area contributed by atoms with Crippen molar-refractivity contribution in [2.45, 2.75) is 34.1 Å². The second-order valence-corrected chi connectivity index (χ2v) is 4.65. The summed E-state index contributed by atoms with van der Waals surface area (Å²) in [5.74, 6) is -0.402. The number of ether oxygens (including phenoxy) is 1. The molecule has 2 aromatic heterocycles. The Balaban J connectivity index is 2.13. The molecule has 0 unspecified atom stereocenters. The minimum atomic E-state index is -0.243. The van der Waals surface area contributed by atoms with E-state index in [1.54, 1.807) is 20.1 Å². The number of rotatable bonds is 7. The van der Waals surface area contributed by atoms with Gasteiger partial charge in [-0.3, -0.25) is 4.79 Å². The fourth-order valence-corrected chi connectivity index (χ4v) is 1.78. The highest BCUT2D eigenvalue weighted by atomic mass is 17.2. The topological polar surface area (TPSA) is 62.8 Å². The molecule has 0 spiro atoms. The number of aromatic nitrogens is 1. The zero-order chi connectivity index (χ0) is 14.5. The second kappa shape index (κ2) is 6.58. The average Bonchev–Trinajstić information content (AvgIpc) is 2.97. The first-order valence-corrected chi connectivity index (χ1v) is 6.60. The second-order valence-electron chi connectivity index (χ2n) is 4.65. The van der Waals surface area contributed by atoms with E-state index >= 15 is 0 Å². The molecule has 0 aliphatic rings. The molecular formula is C14H19NO5. The summed E-state index contributed by atoms with van der Waals surface area (Å²) in [6, 6.07) is 3.67. The molecule has 0 bridgehead atoms. The third-order valence-corrected chi connectivity index (χ3v) is 2.82. The Labute approximate surface area is 117 Å². The highest BCUT2D eigenvalue weighted by Crippen LogP contribution is 2.22. The van der Waals surface area contributed by atoms with Gasteiger partial charge >= 0.3 is 5.97 Å². The molecule has 6 heteroatoms. The predicted molar refractivity (Wildman–Crippen MR) is 71.5 cm³/mol. The molecule has 110 valence electrons. The van der Waals surface area contributed by atoms with Gasteiger partial charge in [-0.25, -0.2) is 9.78 Å². The van der Waals surface area contributed by atoms with Crippen molar-refractivity contribution in [3.63, 3.8) is 0 Å². The quantitative estimate of drug-likeness (QED) is 0.338. The summed E-state index contributed by atoms with van der Waals surface area (Å²) in [7, 11) is 0. The number of carbonyl (C=O) groups is 1. The third kappa shape index (κ3) is 3.20. The van der Waals surface area contributed by atoms with Crippen LogP contribution in [-0.2, 0) is 32.6 Å². The Morgan fingerprint density at radius 1 is 1.40 bits per heavy atom. The van der Waals surface area contributed by atoms with Crippen LogP contribution in [0.5, 0.6) is 0 Å². The first kappa shape index (κ1) is 14.6. The Kier molecular flexibility index (Phi) is 4.81. The maximum absolute atomic E-state index is 11.6. The molecule has 2 rings (SSSR count). The summed E-state index contributed by atoms with van der Waals surface area (Å²) in [5.41, 5.74) is 2.40. The summed E-state index contributed by atoms with van der Waals surface area (Å²) < 4.78 is 12.4. The van der Waals surface area contributed by atoms with E-state index in [9.17, 15) is 4.79 Å². The number of esters is 1. The van der Waals surface area contributed by atoms with Crippen LogP contribution in [0.15, 0.2) is 22.8 Å². The van der Waals surface area contributed by atoms with E-state index in [1.165, 1.54) is 0 Å². The Morgan fingerprint density at radius 2 is 2.20 bits per heavy atom. The number of furan rings is 1. The standard InChI is InChI=1S/C14H19NO5/c1-4-19-20-8-11-7-13-12(5-6-17-13)15(11)9-18-14(16)10(2)3/h5-7,10H,4,8-9H2,1-3H3. The van der Waals surface area contributed by atoms with Crippen LogP contribution >= 0.6 is 0 Å². The van der Waals surface area contributed by atoms with Gasteiger partial charge in [0.25, 0.3) is 0 Å². The van der Waals surface area contributed by atoms with E-state index in [-0.39, 0.29) is 25.2 Å². The molecule has 0 aromatic carbocycles. The number of hydrogen-bond acceptors (Lipinski definition) is 5. The maximum Gasteiger partial charge on any atom is 0.310 e. The van der Waals surface area contributed by atoms with E-state index in [4.69, 9.17) is 18.9 Å². The molecule has 0 radical (unpaired) electrons. The molecule has 0 aliphatic heterocycles. The lowest BCUT2D eigenvalue weighted by Gasteiger charge is -2.12. The highest BCUT2D eigenvalue weighted by molar-refractivity contribution is 5.75. The van der Waals surface area contributed by atoms with Crippen LogP contribution in [0.4, 0.5) is 0 Å². The zero-order valence-corrected chi connectivity index (χ0v) is 11.9. The lowest BCUT2D eigenvalue weighted by molar-refractivity contribution is -0.301. The first-order valence-electron chi connectivity index (χ1n) is 6.60. The SMILES string of the molecule is CCOOCc1cc2occc2n1COC(=O)C(C)C. The molecule has 0 atom stereocenters. The van der Waals surface area contributed by atoms with Gasteiger partial charge < -0.3 is 13.7 Å². The van der Waals surface area contributed by atoms with E-state index in [2.05, 4.69) is 0 Å². The fraction of sp³-hybridized carbons (Fsp3) is 0.500. The lowest BCUT2D eigenvalue weighted by Crippen LogP contribution is -2.16. The number of nitrogens with zero attached hydrogens (tertiary/aromatic N) is 1. The van der Waals surface area contributed by atoms with Crippen LogP contribution in [0.1, 0.15) is 26.5 Å². The van der Waals surface area contributed by atoms with Crippen molar-refractivity contribution in [2.24, 2.45) is 5.92 Å². The van der Waals surface area contributed by atoms with Crippen LogP contribution in [0.25, 0.3) is 11.1 Å². The van der Waals surface area contributed by atoms with Gasteiger partial charge in [0.1, 0.15) is 6.61 Å². The Morgan fingerprint density at radius 3 is 2.90 bits per heavy atom. The van der Waals surface area contributed by atoms with Gasteiger partial charge in [0.05, 0.1) is 30.0 Å². The van der Waals surface area contributed by atoms with Crippen LogP contribution < -0.4 is 0 Å². The van der Waals surface area contributed by atoms with Crippen molar-refractivity contribution in [1.82, 2.24) is 4.57 Å². The summed E-state index contributed by atoms with van der Waals surface area (Å²) in [4.78, 5) is 21.5. The van der Waals surface area contributed by atoms with E-state index in [0.29, 0.717) is 6.61 Å². The highest BCUT2D eigenvalue weighted by Gasteiger charge is 2.14. The molecule has 0 saturated heterocycles. The first-order chi connectivity index (χ1) is 9.63. The van der Waals surface area contributed by atoms with E-state index in [1.807, 2.05) is 23.6 Å². The molecule has 0 fully saturated rings. The minimum absolute atomic E-state index is 0.130. The monoisotopic (exact) mass is 281 g/mol. The molecule has 20 heavy (non-hydrogen) atoms. The van der Waals surface area contributed by atoms with Crippen LogP contribution in [-0.4, -0.2) is 17.1 Å². The number of carbonyl (C=O) groups excluding carboxylic acids is 1. The molecule has 0 amide bonds. The summed E-state index contributed by atoms with van der Waals surface area (Å²) >= 11 is 0. The van der Waals surface area contributed by atoms with Crippen molar-refractivity contribution in [3.05, 3.63) is 24.1 Å². The average molecular weight is 281 g/mol. The lowest BCUT2D eigenvalue weighted by atomic mass is 10.2. The van der Waals surface area contributed by atoms with Gasteiger partial charge in [-0.1, -0.05) is 13.8 Å². The van der Waals surface area contributed by atoms with Gasteiger partial charge in [-0.2, -0.15) is 0 Å². The van der Waals surface area contributed by atoms with E-state index < -0.39 is 0 Å². The van der Waals surface area contributed by atoms with Crippen molar-refractivity contribution in [3.8, 4) is 0 Å². The largest absolute Gasteiger partial charge is 0.463 e. The molecule has 6 nitrogen and oxygen atoms in total. The Bertz CT molecular complexity index is 569.